The van der Waals surface area contributed by atoms with Crippen molar-refractivity contribution >= 4 is 0 Å². The summed E-state index contributed by atoms with van der Waals surface area (Å²) in [5.74, 6) is -4.83. The third-order valence-corrected chi connectivity index (χ3v) is 1.36. The lowest BCUT2D eigenvalue weighted by molar-refractivity contribution is -0.345. The molecule has 0 amide bonds. The fraction of sp³-hybridized carbons (Fsp3) is 1.00. The highest BCUT2D eigenvalue weighted by atomic mass is 19.4. The molecule has 0 aliphatic rings. The van der Waals surface area contributed by atoms with Gasteiger partial charge in [0.2, 0.25) is 0 Å². The van der Waals surface area contributed by atoms with Gasteiger partial charge in [0.1, 0.15) is 0 Å². The summed E-state index contributed by atoms with van der Waals surface area (Å²) in [7, 11) is 0. The quantitative estimate of drug-likeness (QED) is 0.709. The molecule has 1 unspecified atom stereocenters. The Morgan fingerprint density at radius 2 is 0.867 bits per heavy atom. The third-order valence-electron chi connectivity index (χ3n) is 1.36. The molecule has 0 aliphatic heterocycles. The standard InChI is InChI=1S/C5H3F9O/c6-3(7,8)1(4(9,10)11)2(15)5(12,13)14/h1-2,15H. The Kier molecular flexibility index (Phi) is 3.56. The Balaban J connectivity index is 5.16. The molecule has 1 atom stereocenters. The summed E-state index contributed by atoms with van der Waals surface area (Å²) in [6.07, 6.45) is -22.9. The molecular formula is C5H3F9O. The molecule has 0 saturated carbocycles. The second-order valence-electron chi connectivity index (χ2n) is 2.55. The fourth-order valence-electron chi connectivity index (χ4n) is 0.733. The van der Waals surface area contributed by atoms with Crippen LogP contribution in [0.1, 0.15) is 0 Å². The topological polar surface area (TPSA) is 20.2 Å². The van der Waals surface area contributed by atoms with Crippen molar-refractivity contribution in [1.29, 1.82) is 0 Å². The molecule has 0 aromatic rings. The molecule has 0 spiro atoms. The van der Waals surface area contributed by atoms with Gasteiger partial charge in [0.05, 0.1) is 0 Å². The van der Waals surface area contributed by atoms with Crippen molar-refractivity contribution in [1.82, 2.24) is 0 Å². The Hall–Kier alpha value is -0.670. The summed E-state index contributed by atoms with van der Waals surface area (Å²) in [6, 6.07) is 0. The van der Waals surface area contributed by atoms with Crippen molar-refractivity contribution in [2.75, 3.05) is 0 Å². The van der Waals surface area contributed by atoms with E-state index < -0.39 is 30.6 Å². The van der Waals surface area contributed by atoms with Gasteiger partial charge >= 0.3 is 18.5 Å². The Bertz CT molecular complexity index is 196. The maximum absolute atomic E-state index is 11.6. The molecule has 0 fully saturated rings. The van der Waals surface area contributed by atoms with Gasteiger partial charge in [-0.2, -0.15) is 39.5 Å². The van der Waals surface area contributed by atoms with E-state index in [9.17, 15) is 39.5 Å². The van der Waals surface area contributed by atoms with Crippen molar-refractivity contribution in [3.05, 3.63) is 0 Å². The van der Waals surface area contributed by atoms with E-state index in [1.54, 1.807) is 0 Å². The number of hydrogen-bond donors (Lipinski definition) is 1. The smallest absolute Gasteiger partial charge is 0.383 e. The van der Waals surface area contributed by atoms with E-state index >= 15 is 0 Å². The molecule has 1 nitrogen and oxygen atoms in total. The lowest BCUT2D eigenvalue weighted by atomic mass is 10.0. The van der Waals surface area contributed by atoms with Crippen LogP contribution in [0.25, 0.3) is 0 Å². The van der Waals surface area contributed by atoms with Crippen molar-refractivity contribution in [2.24, 2.45) is 5.92 Å². The average molecular weight is 250 g/mol. The number of aliphatic hydroxyl groups is 1. The second kappa shape index (κ2) is 3.72. The van der Waals surface area contributed by atoms with Crippen LogP contribution < -0.4 is 0 Å². The van der Waals surface area contributed by atoms with E-state index in [0.717, 1.165) is 0 Å². The minimum Gasteiger partial charge on any atom is -0.383 e. The summed E-state index contributed by atoms with van der Waals surface area (Å²) in [5, 5.41) is 7.95. The van der Waals surface area contributed by atoms with Gasteiger partial charge in [0, 0.05) is 0 Å². The molecule has 15 heavy (non-hydrogen) atoms. The molecule has 0 aliphatic carbocycles. The maximum Gasteiger partial charge on any atom is 0.415 e. The highest BCUT2D eigenvalue weighted by Crippen LogP contribution is 2.45. The molecular weight excluding hydrogens is 247 g/mol. The van der Waals surface area contributed by atoms with E-state index in [-0.39, 0.29) is 0 Å². The van der Waals surface area contributed by atoms with E-state index in [0.29, 0.717) is 0 Å². The lowest BCUT2D eigenvalue weighted by Crippen LogP contribution is -2.50. The van der Waals surface area contributed by atoms with Gasteiger partial charge in [0.15, 0.2) is 12.0 Å². The zero-order chi connectivity index (χ0) is 12.7. The number of halogens is 9. The summed E-state index contributed by atoms with van der Waals surface area (Å²) < 4.78 is 104. The molecule has 10 heteroatoms. The summed E-state index contributed by atoms with van der Waals surface area (Å²) in [6.45, 7) is 0. The Morgan fingerprint density at radius 1 is 0.600 bits per heavy atom. The van der Waals surface area contributed by atoms with Gasteiger partial charge in [-0.3, -0.25) is 0 Å². The molecule has 0 aromatic carbocycles. The van der Waals surface area contributed by atoms with Crippen LogP contribution in [-0.2, 0) is 0 Å². The number of aliphatic hydroxyl groups excluding tert-OH is 1. The molecule has 0 rings (SSSR count). The molecule has 0 saturated heterocycles. The first kappa shape index (κ1) is 14.3. The van der Waals surface area contributed by atoms with Crippen LogP contribution in [0.5, 0.6) is 0 Å². The second-order valence-corrected chi connectivity index (χ2v) is 2.55. The van der Waals surface area contributed by atoms with Gasteiger partial charge < -0.3 is 5.11 Å². The van der Waals surface area contributed by atoms with Crippen molar-refractivity contribution in [3.63, 3.8) is 0 Å². The first-order valence-electron chi connectivity index (χ1n) is 3.16. The Labute approximate surface area is 76.5 Å². The zero-order valence-corrected chi connectivity index (χ0v) is 6.50. The van der Waals surface area contributed by atoms with Gasteiger partial charge in [-0.05, 0) is 0 Å². The van der Waals surface area contributed by atoms with Crippen LogP contribution in [0, 0.1) is 5.92 Å². The third kappa shape index (κ3) is 3.76. The predicted octanol–water partition coefficient (Wildman–Crippen LogP) is 2.65. The summed E-state index contributed by atoms with van der Waals surface area (Å²) in [4.78, 5) is 0. The molecule has 0 heterocycles. The molecule has 0 aromatic heterocycles. The summed E-state index contributed by atoms with van der Waals surface area (Å²) >= 11 is 0. The van der Waals surface area contributed by atoms with E-state index in [2.05, 4.69) is 0 Å². The Morgan fingerprint density at radius 3 is 0.933 bits per heavy atom. The number of hydrogen-bond acceptors (Lipinski definition) is 1. The van der Waals surface area contributed by atoms with Gasteiger partial charge in [-0.15, -0.1) is 0 Å². The van der Waals surface area contributed by atoms with E-state index in [1.807, 2.05) is 0 Å². The minimum absolute atomic E-state index is 4.52. The van der Waals surface area contributed by atoms with Crippen molar-refractivity contribution < 1.29 is 44.6 Å². The monoisotopic (exact) mass is 250 g/mol. The highest BCUT2D eigenvalue weighted by Gasteiger charge is 2.66. The van der Waals surface area contributed by atoms with E-state index in [1.165, 1.54) is 0 Å². The first-order chi connectivity index (χ1) is 6.28. The largest absolute Gasteiger partial charge is 0.415 e. The van der Waals surface area contributed by atoms with Crippen LogP contribution >= 0.6 is 0 Å². The fourth-order valence-corrected chi connectivity index (χ4v) is 0.733. The predicted molar refractivity (Wildman–Crippen MR) is 27.7 cm³/mol. The normalized spacial score (nSPS) is 17.0. The average Bonchev–Trinajstić information content (AvgIpc) is 1.76. The van der Waals surface area contributed by atoms with Gasteiger partial charge in [0.25, 0.3) is 0 Å². The van der Waals surface area contributed by atoms with Gasteiger partial charge in [-0.25, -0.2) is 0 Å². The van der Waals surface area contributed by atoms with Crippen LogP contribution in [0.4, 0.5) is 39.5 Å². The van der Waals surface area contributed by atoms with Gasteiger partial charge in [-0.1, -0.05) is 0 Å². The lowest BCUT2D eigenvalue weighted by Gasteiger charge is -2.28. The molecule has 1 N–H and O–H groups in total. The van der Waals surface area contributed by atoms with Crippen LogP contribution in [0.15, 0.2) is 0 Å². The molecule has 0 radical (unpaired) electrons. The highest BCUT2D eigenvalue weighted by molar-refractivity contribution is 4.86. The SMILES string of the molecule is OC(C(C(F)(F)F)C(F)(F)F)C(F)(F)F. The van der Waals surface area contributed by atoms with Crippen LogP contribution in [0.2, 0.25) is 0 Å². The summed E-state index contributed by atoms with van der Waals surface area (Å²) in [5.41, 5.74) is 0. The molecule has 92 valence electrons. The number of rotatable bonds is 1. The van der Waals surface area contributed by atoms with Crippen LogP contribution in [-0.4, -0.2) is 29.7 Å². The first-order valence-corrected chi connectivity index (χ1v) is 3.16. The minimum atomic E-state index is -6.22. The number of alkyl halides is 9. The van der Waals surface area contributed by atoms with Crippen molar-refractivity contribution in [2.45, 2.75) is 24.6 Å². The van der Waals surface area contributed by atoms with Crippen molar-refractivity contribution in [3.8, 4) is 0 Å². The van der Waals surface area contributed by atoms with E-state index in [4.69, 9.17) is 5.11 Å². The maximum atomic E-state index is 11.6. The zero-order valence-electron chi connectivity index (χ0n) is 6.50. The molecule has 0 bridgehead atoms. The van der Waals surface area contributed by atoms with Crippen LogP contribution in [0.3, 0.4) is 0 Å².